The fraction of sp³-hybridized carbons (Fsp3) is 0.600. The molecule has 1 amide bonds. The van der Waals surface area contributed by atoms with Gasteiger partial charge in [0.1, 0.15) is 5.01 Å². The summed E-state index contributed by atoms with van der Waals surface area (Å²) in [7, 11) is 1.78. The molecule has 0 fully saturated rings. The average molecular weight is 318 g/mol. The average Bonchev–Trinajstić information content (AvgIpc) is 2.75. The number of rotatable bonds is 6. The number of thiazole rings is 1. The molecular formula is C10H15ClF3N3OS. The van der Waals surface area contributed by atoms with E-state index in [9.17, 15) is 18.0 Å². The van der Waals surface area contributed by atoms with E-state index in [0.717, 1.165) is 23.3 Å². The highest BCUT2D eigenvalue weighted by atomic mass is 35.5. The predicted molar refractivity (Wildman–Crippen MR) is 69.4 cm³/mol. The first-order chi connectivity index (χ1) is 8.43. The summed E-state index contributed by atoms with van der Waals surface area (Å²) in [4.78, 5) is 14.7. The summed E-state index contributed by atoms with van der Waals surface area (Å²) < 4.78 is 36.8. The second-order valence-electron chi connectivity index (χ2n) is 3.61. The number of nitrogens with zero attached hydrogens (tertiary/aromatic N) is 1. The van der Waals surface area contributed by atoms with Crippen molar-refractivity contribution in [2.75, 3.05) is 13.6 Å². The number of carbonyl (C=O) groups is 1. The van der Waals surface area contributed by atoms with E-state index in [1.165, 1.54) is 0 Å². The third-order valence-corrected chi connectivity index (χ3v) is 2.96. The molecule has 1 rings (SSSR count). The van der Waals surface area contributed by atoms with Crippen molar-refractivity contribution in [3.8, 4) is 0 Å². The van der Waals surface area contributed by atoms with Crippen molar-refractivity contribution in [1.29, 1.82) is 0 Å². The van der Waals surface area contributed by atoms with Gasteiger partial charge in [-0.25, -0.2) is 4.98 Å². The van der Waals surface area contributed by atoms with Crippen LogP contribution in [0.25, 0.3) is 0 Å². The molecule has 1 aromatic rings. The Kier molecular flexibility index (Phi) is 7.96. The zero-order valence-corrected chi connectivity index (χ0v) is 11.8. The lowest BCUT2D eigenvalue weighted by Crippen LogP contribution is -2.23. The van der Waals surface area contributed by atoms with Crippen LogP contribution in [0.1, 0.15) is 23.5 Å². The van der Waals surface area contributed by atoms with E-state index in [0.29, 0.717) is 12.8 Å². The quantitative estimate of drug-likeness (QED) is 0.791. The molecule has 9 heteroatoms. The fourth-order valence-electron chi connectivity index (χ4n) is 1.21. The summed E-state index contributed by atoms with van der Waals surface area (Å²) >= 11 is 0.889. The van der Waals surface area contributed by atoms with Gasteiger partial charge in [-0.1, -0.05) is 0 Å². The molecule has 1 aromatic heterocycles. The minimum Gasteiger partial charge on any atom is -0.350 e. The summed E-state index contributed by atoms with van der Waals surface area (Å²) in [5.41, 5.74) is -0.910. The third kappa shape index (κ3) is 6.74. The standard InChI is InChI=1S/C10H14F3N3OS.ClH/c1-14-4-2-3-8(17)15-5-9-16-7(6-18-9)10(11,12)13;/h6,14H,2-5H2,1H3,(H,15,17);1H. The molecule has 0 atom stereocenters. The van der Waals surface area contributed by atoms with Crippen LogP contribution in [-0.2, 0) is 17.5 Å². The lowest BCUT2D eigenvalue weighted by Gasteiger charge is -2.03. The molecule has 4 nitrogen and oxygen atoms in total. The summed E-state index contributed by atoms with van der Waals surface area (Å²) in [5.74, 6) is -0.186. The number of amides is 1. The Hall–Kier alpha value is -0.860. The van der Waals surface area contributed by atoms with Gasteiger partial charge in [-0.05, 0) is 20.0 Å². The highest BCUT2D eigenvalue weighted by molar-refractivity contribution is 7.09. The van der Waals surface area contributed by atoms with Crippen LogP contribution >= 0.6 is 23.7 Å². The monoisotopic (exact) mass is 317 g/mol. The highest BCUT2D eigenvalue weighted by Crippen LogP contribution is 2.29. The predicted octanol–water partition coefficient (Wildman–Crippen LogP) is 2.20. The zero-order valence-electron chi connectivity index (χ0n) is 10.2. The van der Waals surface area contributed by atoms with Gasteiger partial charge in [0.25, 0.3) is 0 Å². The number of aromatic nitrogens is 1. The first-order valence-electron chi connectivity index (χ1n) is 5.36. The summed E-state index contributed by atoms with van der Waals surface area (Å²) in [6, 6.07) is 0. The van der Waals surface area contributed by atoms with Crippen molar-refractivity contribution < 1.29 is 18.0 Å². The van der Waals surface area contributed by atoms with Crippen molar-refractivity contribution in [3.63, 3.8) is 0 Å². The van der Waals surface area contributed by atoms with Crippen molar-refractivity contribution in [2.45, 2.75) is 25.6 Å². The van der Waals surface area contributed by atoms with Crippen LogP contribution in [0.2, 0.25) is 0 Å². The fourth-order valence-corrected chi connectivity index (χ4v) is 1.95. The summed E-state index contributed by atoms with van der Waals surface area (Å²) in [6.45, 7) is 0.766. The van der Waals surface area contributed by atoms with Crippen LogP contribution in [0.15, 0.2) is 5.38 Å². The van der Waals surface area contributed by atoms with Crippen LogP contribution in [0.3, 0.4) is 0 Å². The second-order valence-corrected chi connectivity index (χ2v) is 4.55. The molecule has 0 radical (unpaired) electrons. The molecule has 2 N–H and O–H groups in total. The molecule has 0 aliphatic heterocycles. The molecule has 110 valence electrons. The van der Waals surface area contributed by atoms with Gasteiger partial charge in [-0.15, -0.1) is 23.7 Å². The molecule has 0 aliphatic carbocycles. The Labute approximate surface area is 119 Å². The Morgan fingerprint density at radius 1 is 1.47 bits per heavy atom. The Morgan fingerprint density at radius 2 is 2.16 bits per heavy atom. The normalized spacial score (nSPS) is 10.9. The maximum absolute atomic E-state index is 12.3. The molecule has 0 saturated carbocycles. The lowest BCUT2D eigenvalue weighted by molar-refractivity contribution is -0.140. The van der Waals surface area contributed by atoms with Gasteiger partial charge in [0, 0.05) is 11.8 Å². The van der Waals surface area contributed by atoms with Gasteiger partial charge >= 0.3 is 6.18 Å². The maximum Gasteiger partial charge on any atom is 0.434 e. The topological polar surface area (TPSA) is 54.0 Å². The van der Waals surface area contributed by atoms with Gasteiger partial charge in [0.15, 0.2) is 5.69 Å². The van der Waals surface area contributed by atoms with E-state index >= 15 is 0 Å². The van der Waals surface area contributed by atoms with E-state index < -0.39 is 11.9 Å². The van der Waals surface area contributed by atoms with Crippen molar-refractivity contribution in [1.82, 2.24) is 15.6 Å². The van der Waals surface area contributed by atoms with E-state index in [-0.39, 0.29) is 29.9 Å². The van der Waals surface area contributed by atoms with Crippen LogP contribution < -0.4 is 10.6 Å². The number of carbonyl (C=O) groups excluding carboxylic acids is 1. The summed E-state index contributed by atoms with van der Waals surface area (Å²) in [5, 5.41) is 6.64. The number of alkyl halides is 3. The van der Waals surface area contributed by atoms with E-state index in [1.54, 1.807) is 7.05 Å². The van der Waals surface area contributed by atoms with Crippen molar-refractivity contribution in [2.24, 2.45) is 0 Å². The van der Waals surface area contributed by atoms with Gasteiger partial charge in [0.05, 0.1) is 6.54 Å². The first-order valence-corrected chi connectivity index (χ1v) is 6.24. The van der Waals surface area contributed by atoms with Gasteiger partial charge in [0.2, 0.25) is 5.91 Å². The highest BCUT2D eigenvalue weighted by Gasteiger charge is 2.33. The minimum atomic E-state index is -4.43. The molecule has 0 aromatic carbocycles. The van der Waals surface area contributed by atoms with Crippen molar-refractivity contribution >= 4 is 29.7 Å². The van der Waals surface area contributed by atoms with Gasteiger partial charge in [-0.3, -0.25) is 4.79 Å². The largest absolute Gasteiger partial charge is 0.434 e. The summed E-state index contributed by atoms with van der Waals surface area (Å²) in [6.07, 6.45) is -3.39. The molecule has 0 unspecified atom stereocenters. The maximum atomic E-state index is 12.3. The molecule has 0 saturated heterocycles. The van der Waals surface area contributed by atoms with Crippen LogP contribution in [0.4, 0.5) is 13.2 Å². The minimum absolute atomic E-state index is 0. The molecular weight excluding hydrogens is 303 g/mol. The lowest BCUT2D eigenvalue weighted by atomic mass is 10.3. The number of nitrogens with one attached hydrogen (secondary N) is 2. The Bertz CT molecular complexity index is 398. The molecule has 0 bridgehead atoms. The second kappa shape index (κ2) is 8.34. The third-order valence-electron chi connectivity index (χ3n) is 2.11. The van der Waals surface area contributed by atoms with E-state index in [1.807, 2.05) is 0 Å². The van der Waals surface area contributed by atoms with E-state index in [2.05, 4.69) is 15.6 Å². The first kappa shape index (κ1) is 18.1. The number of hydrogen-bond donors (Lipinski definition) is 2. The molecule has 0 spiro atoms. The van der Waals surface area contributed by atoms with Gasteiger partial charge < -0.3 is 10.6 Å². The SMILES string of the molecule is CNCCCC(=O)NCc1nc(C(F)(F)F)cs1.Cl. The van der Waals surface area contributed by atoms with Crippen molar-refractivity contribution in [3.05, 3.63) is 16.1 Å². The smallest absolute Gasteiger partial charge is 0.350 e. The number of hydrogen-bond acceptors (Lipinski definition) is 4. The van der Waals surface area contributed by atoms with E-state index in [4.69, 9.17) is 0 Å². The van der Waals surface area contributed by atoms with Gasteiger partial charge in [-0.2, -0.15) is 13.2 Å². The zero-order chi connectivity index (χ0) is 13.6. The van der Waals surface area contributed by atoms with Crippen LogP contribution in [0, 0.1) is 0 Å². The Balaban J connectivity index is 0.00000324. The number of halogens is 4. The Morgan fingerprint density at radius 3 is 2.68 bits per heavy atom. The molecule has 19 heavy (non-hydrogen) atoms. The molecule has 1 heterocycles. The van der Waals surface area contributed by atoms with Crippen LogP contribution in [-0.4, -0.2) is 24.5 Å². The molecule has 0 aliphatic rings. The van der Waals surface area contributed by atoms with Crippen LogP contribution in [0.5, 0.6) is 0 Å².